The summed E-state index contributed by atoms with van der Waals surface area (Å²) in [6, 6.07) is 19.9. The lowest BCUT2D eigenvalue weighted by Gasteiger charge is -2.11. The third kappa shape index (κ3) is 5.42. The van der Waals surface area contributed by atoms with E-state index in [-0.39, 0.29) is 18.6 Å². The second-order valence-electron chi connectivity index (χ2n) is 7.52. The standard InChI is InChI=1S/C24H22ClN3O3/c25-19-8-18(23(29)27-21-7-6-16-9-20(26)10-17(16)11-21)12-22(13-19)28-24(30)31-14-15-4-2-1-3-5-15/h1-8,11-13,20H,9-10,14,26H2,(H,27,29)(H,28,30)/t20-/m0/s1. The van der Waals surface area contributed by atoms with E-state index in [2.05, 4.69) is 10.6 Å². The van der Waals surface area contributed by atoms with Crippen LogP contribution in [0.25, 0.3) is 0 Å². The van der Waals surface area contributed by atoms with Gasteiger partial charge in [0.1, 0.15) is 6.61 Å². The maximum Gasteiger partial charge on any atom is 0.411 e. The van der Waals surface area contributed by atoms with E-state index in [0.29, 0.717) is 22.0 Å². The number of hydrogen-bond acceptors (Lipinski definition) is 4. The first-order chi connectivity index (χ1) is 15.0. The van der Waals surface area contributed by atoms with Crippen LogP contribution >= 0.6 is 11.6 Å². The van der Waals surface area contributed by atoms with E-state index in [1.54, 1.807) is 18.2 Å². The average Bonchev–Trinajstić information content (AvgIpc) is 3.12. The largest absolute Gasteiger partial charge is 0.444 e. The zero-order valence-corrected chi connectivity index (χ0v) is 17.5. The zero-order valence-electron chi connectivity index (χ0n) is 16.7. The van der Waals surface area contributed by atoms with Crippen LogP contribution in [0.2, 0.25) is 5.02 Å². The number of rotatable bonds is 5. The number of anilines is 2. The molecule has 0 spiro atoms. The van der Waals surface area contributed by atoms with Gasteiger partial charge in [-0.25, -0.2) is 4.79 Å². The van der Waals surface area contributed by atoms with Gasteiger partial charge in [-0.15, -0.1) is 0 Å². The van der Waals surface area contributed by atoms with Gasteiger partial charge in [-0.1, -0.05) is 48.0 Å². The summed E-state index contributed by atoms with van der Waals surface area (Å²) in [6.45, 7) is 0.141. The van der Waals surface area contributed by atoms with E-state index < -0.39 is 6.09 Å². The van der Waals surface area contributed by atoms with Crippen LogP contribution in [0.15, 0.2) is 66.7 Å². The summed E-state index contributed by atoms with van der Waals surface area (Å²) >= 11 is 6.16. The highest BCUT2D eigenvalue weighted by Gasteiger charge is 2.19. The Morgan fingerprint density at radius 2 is 1.71 bits per heavy atom. The van der Waals surface area contributed by atoms with Crippen molar-refractivity contribution in [2.75, 3.05) is 10.6 Å². The predicted molar refractivity (Wildman–Crippen MR) is 121 cm³/mol. The molecule has 0 heterocycles. The van der Waals surface area contributed by atoms with E-state index in [1.165, 1.54) is 5.56 Å². The molecule has 1 aliphatic carbocycles. The highest BCUT2D eigenvalue weighted by molar-refractivity contribution is 6.31. The molecule has 0 aromatic heterocycles. The third-order valence-electron chi connectivity index (χ3n) is 5.05. The second-order valence-corrected chi connectivity index (χ2v) is 7.96. The lowest BCUT2D eigenvalue weighted by Crippen LogP contribution is -2.19. The Bertz CT molecular complexity index is 1120. The van der Waals surface area contributed by atoms with E-state index in [1.807, 2.05) is 48.5 Å². The summed E-state index contributed by atoms with van der Waals surface area (Å²) in [5.74, 6) is -0.328. The molecule has 1 aliphatic rings. The van der Waals surface area contributed by atoms with Crippen LogP contribution < -0.4 is 16.4 Å². The number of amides is 2. The smallest absolute Gasteiger partial charge is 0.411 e. The maximum atomic E-state index is 12.7. The van der Waals surface area contributed by atoms with Gasteiger partial charge in [0, 0.05) is 28.0 Å². The van der Waals surface area contributed by atoms with Gasteiger partial charge in [0.25, 0.3) is 5.91 Å². The van der Waals surface area contributed by atoms with Crippen molar-refractivity contribution in [1.29, 1.82) is 0 Å². The molecule has 4 N–H and O–H groups in total. The van der Waals surface area contributed by atoms with E-state index in [0.717, 1.165) is 24.0 Å². The molecule has 3 aromatic carbocycles. The number of nitrogens with two attached hydrogens (primary N) is 1. The Morgan fingerprint density at radius 3 is 2.52 bits per heavy atom. The summed E-state index contributed by atoms with van der Waals surface area (Å²) < 4.78 is 5.22. The molecule has 6 nitrogen and oxygen atoms in total. The van der Waals surface area contributed by atoms with Crippen molar-refractivity contribution in [3.63, 3.8) is 0 Å². The normalized spacial score (nSPS) is 14.6. The van der Waals surface area contributed by atoms with Gasteiger partial charge in [0.15, 0.2) is 0 Å². The van der Waals surface area contributed by atoms with Gasteiger partial charge in [-0.2, -0.15) is 0 Å². The van der Waals surface area contributed by atoms with Gasteiger partial charge in [-0.3, -0.25) is 10.1 Å². The minimum absolute atomic E-state index is 0.129. The fourth-order valence-electron chi connectivity index (χ4n) is 3.60. The van der Waals surface area contributed by atoms with Crippen LogP contribution in [0.3, 0.4) is 0 Å². The lowest BCUT2D eigenvalue weighted by molar-refractivity contribution is 0.102. The van der Waals surface area contributed by atoms with Crippen LogP contribution in [0.4, 0.5) is 16.2 Å². The minimum Gasteiger partial charge on any atom is -0.444 e. The third-order valence-corrected chi connectivity index (χ3v) is 5.27. The Labute approximate surface area is 185 Å². The summed E-state index contributed by atoms with van der Waals surface area (Å²) in [4.78, 5) is 24.9. The number of carbonyl (C=O) groups is 2. The molecule has 0 bridgehead atoms. The monoisotopic (exact) mass is 435 g/mol. The molecule has 0 aliphatic heterocycles. The number of fused-ring (bicyclic) bond motifs is 1. The van der Waals surface area contributed by atoms with E-state index in [9.17, 15) is 9.59 Å². The Kier molecular flexibility index (Phi) is 6.21. The molecular formula is C24H22ClN3O3. The lowest BCUT2D eigenvalue weighted by atomic mass is 10.1. The van der Waals surface area contributed by atoms with Crippen LogP contribution in [-0.2, 0) is 24.2 Å². The van der Waals surface area contributed by atoms with Crippen LogP contribution in [0.5, 0.6) is 0 Å². The number of nitrogens with one attached hydrogen (secondary N) is 2. The number of benzene rings is 3. The zero-order chi connectivity index (χ0) is 21.8. The fourth-order valence-corrected chi connectivity index (χ4v) is 3.84. The number of halogens is 1. The van der Waals surface area contributed by atoms with Crippen LogP contribution in [0.1, 0.15) is 27.0 Å². The topological polar surface area (TPSA) is 93.5 Å². The quantitative estimate of drug-likeness (QED) is 0.538. The molecule has 7 heteroatoms. The molecule has 0 saturated heterocycles. The molecule has 158 valence electrons. The molecule has 4 rings (SSSR count). The van der Waals surface area contributed by atoms with Crippen molar-refractivity contribution < 1.29 is 14.3 Å². The van der Waals surface area contributed by atoms with Crippen molar-refractivity contribution in [2.45, 2.75) is 25.5 Å². The molecule has 1 atom stereocenters. The summed E-state index contributed by atoms with van der Waals surface area (Å²) in [5, 5.41) is 5.81. The second kappa shape index (κ2) is 9.20. The predicted octanol–water partition coefficient (Wildman–Crippen LogP) is 4.77. The first-order valence-corrected chi connectivity index (χ1v) is 10.3. The summed E-state index contributed by atoms with van der Waals surface area (Å²) in [5.41, 5.74) is 10.6. The molecule has 0 fully saturated rings. The SMILES string of the molecule is N[C@H]1Cc2ccc(NC(=O)c3cc(Cl)cc(NC(=O)OCc4ccccc4)c3)cc2C1. The van der Waals surface area contributed by atoms with Gasteiger partial charge in [-0.05, 0) is 59.9 Å². The van der Waals surface area contributed by atoms with Crippen molar-refractivity contribution in [1.82, 2.24) is 0 Å². The highest BCUT2D eigenvalue weighted by Crippen LogP contribution is 2.25. The van der Waals surface area contributed by atoms with Gasteiger partial charge >= 0.3 is 6.09 Å². The first-order valence-electron chi connectivity index (χ1n) is 9.93. The number of ether oxygens (including phenoxy) is 1. The molecule has 3 aromatic rings. The molecule has 0 radical (unpaired) electrons. The van der Waals surface area contributed by atoms with Crippen molar-refractivity contribution in [3.8, 4) is 0 Å². The van der Waals surface area contributed by atoms with Gasteiger partial charge in [0.2, 0.25) is 0 Å². The van der Waals surface area contributed by atoms with E-state index >= 15 is 0 Å². The molecule has 31 heavy (non-hydrogen) atoms. The average molecular weight is 436 g/mol. The first kappa shape index (κ1) is 20.9. The van der Waals surface area contributed by atoms with Crippen LogP contribution in [-0.4, -0.2) is 18.0 Å². The number of hydrogen-bond donors (Lipinski definition) is 3. The Hall–Kier alpha value is -3.35. The van der Waals surface area contributed by atoms with Crippen molar-refractivity contribution in [2.24, 2.45) is 5.73 Å². The Balaban J connectivity index is 1.40. The van der Waals surface area contributed by atoms with Gasteiger partial charge < -0.3 is 15.8 Å². The molecule has 2 amide bonds. The number of carbonyl (C=O) groups excluding carboxylic acids is 2. The van der Waals surface area contributed by atoms with Crippen LogP contribution in [0, 0.1) is 0 Å². The molecule has 0 saturated carbocycles. The molecular weight excluding hydrogens is 414 g/mol. The minimum atomic E-state index is -0.632. The highest BCUT2D eigenvalue weighted by atomic mass is 35.5. The summed E-state index contributed by atoms with van der Waals surface area (Å²) in [7, 11) is 0. The molecule has 0 unspecified atom stereocenters. The maximum absolute atomic E-state index is 12.7. The fraction of sp³-hybridized carbons (Fsp3) is 0.167. The van der Waals surface area contributed by atoms with Gasteiger partial charge in [0.05, 0.1) is 0 Å². The van der Waals surface area contributed by atoms with Crippen molar-refractivity contribution in [3.05, 3.63) is 94.0 Å². The summed E-state index contributed by atoms with van der Waals surface area (Å²) in [6.07, 6.45) is 1.02. The van der Waals surface area contributed by atoms with E-state index in [4.69, 9.17) is 22.1 Å². The van der Waals surface area contributed by atoms with Crippen molar-refractivity contribution >= 4 is 35.0 Å². The Morgan fingerprint density at radius 1 is 0.935 bits per heavy atom.